The summed E-state index contributed by atoms with van der Waals surface area (Å²) in [6, 6.07) is 0. The Bertz CT molecular complexity index is 884. The number of hydrogen-bond acceptors (Lipinski definition) is 5. The Labute approximate surface area is 309 Å². The third kappa shape index (κ3) is 38.4. The average molecular weight is 699 g/mol. The molecule has 1 atom stereocenters. The Hall–Kier alpha value is -2.40. The van der Waals surface area contributed by atoms with E-state index < -0.39 is 6.10 Å². The predicted molar refractivity (Wildman–Crippen MR) is 214 cm³/mol. The van der Waals surface area contributed by atoms with Crippen LogP contribution in [0.1, 0.15) is 188 Å². The molecule has 5 heteroatoms. The van der Waals surface area contributed by atoms with Crippen LogP contribution in [0.4, 0.5) is 0 Å². The maximum Gasteiger partial charge on any atom is 0.306 e. The normalized spacial score (nSPS) is 12.8. The number of esters is 2. The fraction of sp³-hybridized carbons (Fsp3) is 0.733. The third-order valence-corrected chi connectivity index (χ3v) is 8.57. The molecular weight excluding hydrogens is 620 g/mol. The lowest BCUT2D eigenvalue weighted by atomic mass is 10.1. The van der Waals surface area contributed by atoms with Gasteiger partial charge in [0.25, 0.3) is 0 Å². The smallest absolute Gasteiger partial charge is 0.306 e. The molecule has 288 valence electrons. The molecule has 0 rings (SSSR count). The summed E-state index contributed by atoms with van der Waals surface area (Å²) in [5.74, 6) is -0.426. The lowest BCUT2D eigenvalue weighted by Crippen LogP contribution is -2.30. The van der Waals surface area contributed by atoms with Gasteiger partial charge in [-0.25, -0.2) is 0 Å². The number of ether oxygens (including phenoxy) is 3. The Balaban J connectivity index is 4.15. The summed E-state index contributed by atoms with van der Waals surface area (Å²) < 4.78 is 17.1. The van der Waals surface area contributed by atoms with Gasteiger partial charge in [0.2, 0.25) is 0 Å². The van der Waals surface area contributed by atoms with Gasteiger partial charge < -0.3 is 14.2 Å². The van der Waals surface area contributed by atoms with Crippen LogP contribution in [0.2, 0.25) is 0 Å². The zero-order valence-electron chi connectivity index (χ0n) is 32.9. The van der Waals surface area contributed by atoms with Crippen LogP contribution >= 0.6 is 0 Å². The molecule has 0 amide bonds. The van der Waals surface area contributed by atoms with Gasteiger partial charge >= 0.3 is 11.9 Å². The van der Waals surface area contributed by atoms with Gasteiger partial charge in [0.05, 0.1) is 6.61 Å². The van der Waals surface area contributed by atoms with E-state index >= 15 is 0 Å². The van der Waals surface area contributed by atoms with Crippen LogP contribution in [0.25, 0.3) is 0 Å². The molecule has 0 fully saturated rings. The van der Waals surface area contributed by atoms with E-state index in [2.05, 4.69) is 81.5 Å². The van der Waals surface area contributed by atoms with Crippen molar-refractivity contribution in [2.75, 3.05) is 19.8 Å². The van der Waals surface area contributed by atoms with Gasteiger partial charge in [-0.1, -0.05) is 171 Å². The van der Waals surface area contributed by atoms with Gasteiger partial charge in [0.15, 0.2) is 6.10 Å². The highest BCUT2D eigenvalue weighted by Gasteiger charge is 2.17. The van der Waals surface area contributed by atoms with E-state index in [0.29, 0.717) is 19.4 Å². The van der Waals surface area contributed by atoms with Crippen molar-refractivity contribution in [3.8, 4) is 0 Å². The second kappa shape index (κ2) is 41.0. The molecule has 0 aromatic rings. The second-order valence-electron chi connectivity index (χ2n) is 13.5. The van der Waals surface area contributed by atoms with Crippen LogP contribution < -0.4 is 0 Å². The summed E-state index contributed by atoms with van der Waals surface area (Å²) in [5.41, 5.74) is 0. The van der Waals surface area contributed by atoms with Crippen LogP contribution in [-0.4, -0.2) is 37.9 Å². The second-order valence-corrected chi connectivity index (χ2v) is 13.5. The molecule has 0 radical (unpaired) electrons. The van der Waals surface area contributed by atoms with Crippen molar-refractivity contribution in [3.63, 3.8) is 0 Å². The fourth-order valence-corrected chi connectivity index (χ4v) is 5.48. The van der Waals surface area contributed by atoms with E-state index in [-0.39, 0.29) is 25.2 Å². The molecule has 0 N–H and O–H groups in total. The highest BCUT2D eigenvalue weighted by atomic mass is 16.6. The largest absolute Gasteiger partial charge is 0.462 e. The summed E-state index contributed by atoms with van der Waals surface area (Å²) in [6.07, 6.45) is 49.5. The number of unbranched alkanes of at least 4 members (excludes halogenated alkanes) is 16. The first-order valence-corrected chi connectivity index (χ1v) is 20.8. The Morgan fingerprint density at radius 1 is 0.460 bits per heavy atom. The van der Waals surface area contributed by atoms with Crippen molar-refractivity contribution in [1.29, 1.82) is 0 Å². The van der Waals surface area contributed by atoms with Crippen molar-refractivity contribution in [2.45, 2.75) is 194 Å². The van der Waals surface area contributed by atoms with E-state index in [9.17, 15) is 9.59 Å². The molecular formula is C45H78O5. The van der Waals surface area contributed by atoms with Gasteiger partial charge in [-0.3, -0.25) is 9.59 Å². The molecule has 0 aliphatic heterocycles. The lowest BCUT2D eigenvalue weighted by Gasteiger charge is -2.18. The highest BCUT2D eigenvalue weighted by molar-refractivity contribution is 5.70. The van der Waals surface area contributed by atoms with Crippen molar-refractivity contribution in [2.24, 2.45) is 0 Å². The summed E-state index contributed by atoms with van der Waals surface area (Å²) in [7, 11) is 0. The molecule has 0 aliphatic carbocycles. The molecule has 0 aromatic carbocycles. The van der Waals surface area contributed by atoms with E-state index in [1.807, 2.05) is 0 Å². The van der Waals surface area contributed by atoms with Crippen LogP contribution in [0, 0.1) is 0 Å². The van der Waals surface area contributed by atoms with Crippen LogP contribution in [0.5, 0.6) is 0 Å². The molecule has 50 heavy (non-hydrogen) atoms. The van der Waals surface area contributed by atoms with Crippen LogP contribution in [-0.2, 0) is 23.8 Å². The van der Waals surface area contributed by atoms with Crippen molar-refractivity contribution in [1.82, 2.24) is 0 Å². The summed E-state index contributed by atoms with van der Waals surface area (Å²) in [4.78, 5) is 24.9. The Kier molecular flexibility index (Phi) is 39.1. The number of carbonyl (C=O) groups is 2. The van der Waals surface area contributed by atoms with Crippen molar-refractivity contribution >= 4 is 11.9 Å². The molecule has 0 aliphatic rings. The molecule has 0 saturated carbocycles. The predicted octanol–water partition coefficient (Wildman–Crippen LogP) is 13.4. The van der Waals surface area contributed by atoms with Gasteiger partial charge in [-0.2, -0.15) is 0 Å². The first-order valence-electron chi connectivity index (χ1n) is 20.8. The van der Waals surface area contributed by atoms with Crippen LogP contribution in [0.15, 0.2) is 60.8 Å². The quantitative estimate of drug-likeness (QED) is 0.0367. The van der Waals surface area contributed by atoms with Gasteiger partial charge in [-0.05, 0) is 64.2 Å². The SMILES string of the molecule is CC/C=C\C/C=C\C/C=C\C/C=C\C/C=C\CCCCCCOCC(COC(=O)CCCCCCCCC)OC(=O)CCCCCCCCC. The lowest BCUT2D eigenvalue weighted by molar-refractivity contribution is -0.163. The average Bonchev–Trinajstić information content (AvgIpc) is 3.11. The minimum absolute atomic E-state index is 0.0747. The van der Waals surface area contributed by atoms with E-state index in [4.69, 9.17) is 14.2 Å². The Morgan fingerprint density at radius 3 is 1.44 bits per heavy atom. The number of allylic oxidation sites excluding steroid dienone is 10. The third-order valence-electron chi connectivity index (χ3n) is 8.57. The molecule has 0 heterocycles. The molecule has 5 nitrogen and oxygen atoms in total. The van der Waals surface area contributed by atoms with Gasteiger partial charge in [0, 0.05) is 19.4 Å². The minimum atomic E-state index is -0.541. The van der Waals surface area contributed by atoms with E-state index in [1.54, 1.807) is 0 Å². The summed E-state index contributed by atoms with van der Waals surface area (Å²) >= 11 is 0. The monoisotopic (exact) mass is 699 g/mol. The zero-order valence-corrected chi connectivity index (χ0v) is 32.9. The minimum Gasteiger partial charge on any atom is -0.462 e. The van der Waals surface area contributed by atoms with E-state index in [0.717, 1.165) is 77.0 Å². The summed E-state index contributed by atoms with van der Waals surface area (Å²) in [5, 5.41) is 0. The zero-order chi connectivity index (χ0) is 36.4. The highest BCUT2D eigenvalue weighted by Crippen LogP contribution is 2.12. The Morgan fingerprint density at radius 2 is 0.900 bits per heavy atom. The number of hydrogen-bond donors (Lipinski definition) is 0. The molecule has 0 aromatic heterocycles. The maximum atomic E-state index is 12.5. The first-order chi connectivity index (χ1) is 24.6. The number of rotatable bonds is 37. The maximum absolute atomic E-state index is 12.5. The molecule has 0 bridgehead atoms. The standard InChI is InChI=1S/C45H78O5/c1-4-7-10-13-16-17-18-19-20-21-22-23-24-25-26-27-28-31-34-37-40-48-41-43(50-45(47)39-36-33-30-15-12-9-6-3)42-49-44(46)38-35-32-29-14-11-8-5-2/h7,10,16-17,19-20,22-23,25-26,43H,4-6,8-9,11-15,18,21,24,27-42H2,1-3H3/b10-7-,17-16-,20-19-,23-22-,26-25-. The summed E-state index contributed by atoms with van der Waals surface area (Å²) in [6.45, 7) is 7.57. The molecule has 1 unspecified atom stereocenters. The number of carbonyl (C=O) groups excluding carboxylic acids is 2. The van der Waals surface area contributed by atoms with Crippen molar-refractivity contribution < 1.29 is 23.8 Å². The molecule has 0 spiro atoms. The van der Waals surface area contributed by atoms with E-state index in [1.165, 1.54) is 77.0 Å². The molecule has 0 saturated heterocycles. The van der Waals surface area contributed by atoms with Crippen molar-refractivity contribution in [3.05, 3.63) is 60.8 Å². The van der Waals surface area contributed by atoms with Crippen LogP contribution in [0.3, 0.4) is 0 Å². The first kappa shape index (κ1) is 47.6. The van der Waals surface area contributed by atoms with Gasteiger partial charge in [0.1, 0.15) is 6.61 Å². The topological polar surface area (TPSA) is 61.8 Å². The van der Waals surface area contributed by atoms with Gasteiger partial charge in [-0.15, -0.1) is 0 Å². The fourth-order valence-electron chi connectivity index (χ4n) is 5.48.